The van der Waals surface area contributed by atoms with E-state index in [4.69, 9.17) is 0 Å². The van der Waals surface area contributed by atoms with Crippen LogP contribution in [-0.2, 0) is 0 Å². The van der Waals surface area contributed by atoms with Crippen molar-refractivity contribution in [3.8, 4) is 0 Å². The molecule has 168 valence electrons. The Bertz CT molecular complexity index is 957. The third-order valence-electron chi connectivity index (χ3n) is 6.09. The molecule has 2 aromatic rings. The van der Waals surface area contributed by atoms with Crippen molar-refractivity contribution in [3.63, 3.8) is 0 Å². The highest BCUT2D eigenvalue weighted by Crippen LogP contribution is 2.42. The van der Waals surface area contributed by atoms with Crippen LogP contribution in [0.1, 0.15) is 60.7 Å². The lowest BCUT2D eigenvalue weighted by molar-refractivity contribution is -0.173. The Morgan fingerprint density at radius 3 is 2.77 bits per heavy atom. The van der Waals surface area contributed by atoms with E-state index >= 15 is 0 Å². The molecule has 31 heavy (non-hydrogen) atoms. The Labute approximate surface area is 179 Å². The van der Waals surface area contributed by atoms with Gasteiger partial charge in [-0.2, -0.15) is 18.3 Å². The van der Waals surface area contributed by atoms with Gasteiger partial charge in [-0.05, 0) is 37.8 Å². The average molecular weight is 436 g/mol. The number of nitrogens with one attached hydrogen (secondary N) is 1. The van der Waals surface area contributed by atoms with Crippen LogP contribution in [0.4, 0.5) is 24.8 Å². The largest absolute Gasteiger partial charge is 0.410 e. The lowest BCUT2D eigenvalue weighted by Gasteiger charge is -2.32. The summed E-state index contributed by atoms with van der Waals surface area (Å²) in [5.41, 5.74) is 1.01. The number of hydrogen-bond acceptors (Lipinski definition) is 5. The van der Waals surface area contributed by atoms with Crippen molar-refractivity contribution in [2.75, 3.05) is 30.9 Å². The number of carbonyl (C=O) groups is 1. The topological polar surface area (TPSA) is 66.3 Å². The minimum absolute atomic E-state index is 0.0498. The molecule has 4 heterocycles. The molecule has 0 unspecified atom stereocenters. The van der Waals surface area contributed by atoms with Gasteiger partial charge >= 0.3 is 6.18 Å². The minimum atomic E-state index is -4.38. The summed E-state index contributed by atoms with van der Waals surface area (Å²) < 4.78 is 42.1. The molecule has 0 aliphatic carbocycles. The Morgan fingerprint density at radius 1 is 1.32 bits per heavy atom. The summed E-state index contributed by atoms with van der Waals surface area (Å²) >= 11 is 0. The van der Waals surface area contributed by atoms with Crippen molar-refractivity contribution < 1.29 is 18.0 Å². The summed E-state index contributed by atoms with van der Waals surface area (Å²) in [6.45, 7) is 2.41. The second kappa shape index (κ2) is 8.05. The number of alkyl halides is 3. The van der Waals surface area contributed by atoms with Crippen LogP contribution < -0.4 is 10.2 Å². The van der Waals surface area contributed by atoms with Crippen LogP contribution in [0, 0.1) is 0 Å². The maximum Gasteiger partial charge on any atom is 0.410 e. The molecule has 1 saturated heterocycles. The fourth-order valence-corrected chi connectivity index (χ4v) is 4.38. The number of aromatic nitrogens is 3. The van der Waals surface area contributed by atoms with Crippen molar-refractivity contribution in [1.82, 2.24) is 19.7 Å². The Hall–Kier alpha value is -2.78. The smallest absolute Gasteiger partial charge is 0.367 e. The quantitative estimate of drug-likeness (QED) is 0.784. The molecule has 0 aromatic carbocycles. The third kappa shape index (κ3) is 4.07. The summed E-state index contributed by atoms with van der Waals surface area (Å²) in [6, 6.07) is 2.80. The van der Waals surface area contributed by atoms with Gasteiger partial charge in [-0.1, -0.05) is 6.92 Å². The standard InChI is InChI=1S/C21H27F3N6O/c1-4-14-11-17(21(22,23)24)30-19(26-14)12-15(27-30)16-6-5-9-29(16)20(31)13-7-8-25-18(10-13)28(2)3/h7-8,10,12,14,16-17,26H,4-6,9,11H2,1-3H3/t14-,16+,17-/m1/s1. The number of carbonyl (C=O) groups excluding carboxylic acids is 1. The molecule has 2 aliphatic heterocycles. The molecule has 1 fully saturated rings. The summed E-state index contributed by atoms with van der Waals surface area (Å²) in [4.78, 5) is 21.0. The van der Waals surface area contributed by atoms with Gasteiger partial charge in [0.15, 0.2) is 6.04 Å². The molecule has 1 N–H and O–H groups in total. The number of amides is 1. The Morgan fingerprint density at radius 2 is 2.10 bits per heavy atom. The first-order chi connectivity index (χ1) is 14.7. The van der Waals surface area contributed by atoms with Crippen molar-refractivity contribution in [1.29, 1.82) is 0 Å². The van der Waals surface area contributed by atoms with Crippen molar-refractivity contribution >= 4 is 17.5 Å². The fourth-order valence-electron chi connectivity index (χ4n) is 4.38. The molecule has 1 amide bonds. The zero-order valence-corrected chi connectivity index (χ0v) is 17.9. The molecule has 10 heteroatoms. The zero-order chi connectivity index (χ0) is 22.3. The number of likely N-dealkylation sites (tertiary alicyclic amines) is 1. The van der Waals surface area contributed by atoms with E-state index in [0.29, 0.717) is 42.3 Å². The molecule has 0 saturated carbocycles. The fraction of sp³-hybridized carbons (Fsp3) is 0.571. The first kappa shape index (κ1) is 21.5. The number of nitrogens with zero attached hydrogens (tertiary/aromatic N) is 5. The first-order valence-electron chi connectivity index (χ1n) is 10.6. The normalized spacial score (nSPS) is 23.4. The van der Waals surface area contributed by atoms with E-state index < -0.39 is 12.2 Å². The summed E-state index contributed by atoms with van der Waals surface area (Å²) in [5, 5.41) is 7.51. The van der Waals surface area contributed by atoms with Crippen LogP contribution in [0.25, 0.3) is 0 Å². The second-order valence-electron chi connectivity index (χ2n) is 8.40. The van der Waals surface area contributed by atoms with Crippen molar-refractivity contribution in [2.24, 2.45) is 0 Å². The van der Waals surface area contributed by atoms with E-state index in [2.05, 4.69) is 15.4 Å². The number of hydrogen-bond donors (Lipinski definition) is 1. The number of halogens is 3. The number of fused-ring (bicyclic) bond motifs is 1. The average Bonchev–Trinajstić information content (AvgIpc) is 3.38. The SMILES string of the molecule is CC[C@@H]1C[C@H](C(F)(F)F)n2nc([C@@H]3CCCN3C(=O)c3ccnc(N(C)C)c3)cc2N1. The molecular weight excluding hydrogens is 409 g/mol. The van der Waals surface area contributed by atoms with Crippen LogP contribution in [0.3, 0.4) is 0 Å². The van der Waals surface area contributed by atoms with Gasteiger partial charge in [0.2, 0.25) is 0 Å². The monoisotopic (exact) mass is 436 g/mol. The van der Waals surface area contributed by atoms with Gasteiger partial charge in [-0.15, -0.1) is 0 Å². The van der Waals surface area contributed by atoms with E-state index in [1.165, 1.54) is 0 Å². The van der Waals surface area contributed by atoms with Gasteiger partial charge in [-0.3, -0.25) is 4.79 Å². The molecule has 0 radical (unpaired) electrons. The van der Waals surface area contributed by atoms with E-state index in [1.807, 2.05) is 25.9 Å². The van der Waals surface area contributed by atoms with Gasteiger partial charge in [0.25, 0.3) is 5.91 Å². The van der Waals surface area contributed by atoms with Gasteiger partial charge < -0.3 is 15.1 Å². The van der Waals surface area contributed by atoms with Gasteiger partial charge in [-0.25, -0.2) is 9.67 Å². The van der Waals surface area contributed by atoms with Crippen molar-refractivity contribution in [2.45, 2.75) is 56.9 Å². The third-order valence-corrected chi connectivity index (χ3v) is 6.09. The molecule has 0 spiro atoms. The maximum atomic E-state index is 13.7. The number of pyridine rings is 1. The summed E-state index contributed by atoms with van der Waals surface area (Å²) in [5.74, 6) is 0.876. The highest BCUT2D eigenvalue weighted by molar-refractivity contribution is 5.95. The van der Waals surface area contributed by atoms with Gasteiger partial charge in [0, 0.05) is 44.5 Å². The molecular formula is C21H27F3N6O. The number of rotatable bonds is 4. The maximum absolute atomic E-state index is 13.7. The molecule has 2 aromatic heterocycles. The molecule has 3 atom stereocenters. The first-order valence-corrected chi connectivity index (χ1v) is 10.6. The van der Waals surface area contributed by atoms with Crippen LogP contribution in [0.2, 0.25) is 0 Å². The molecule has 4 rings (SSSR count). The van der Waals surface area contributed by atoms with E-state index in [1.54, 1.807) is 29.3 Å². The molecule has 7 nitrogen and oxygen atoms in total. The summed E-state index contributed by atoms with van der Waals surface area (Å²) in [6.07, 6.45) is -0.799. The van der Waals surface area contributed by atoms with Gasteiger partial charge in [0.05, 0.1) is 11.7 Å². The van der Waals surface area contributed by atoms with Crippen LogP contribution in [-0.4, -0.2) is 58.4 Å². The lowest BCUT2D eigenvalue weighted by atomic mass is 10.0. The Balaban J connectivity index is 1.63. The van der Waals surface area contributed by atoms with Crippen molar-refractivity contribution in [3.05, 3.63) is 35.7 Å². The zero-order valence-electron chi connectivity index (χ0n) is 17.9. The predicted octanol–water partition coefficient (Wildman–Crippen LogP) is 4.02. The highest BCUT2D eigenvalue weighted by atomic mass is 19.4. The lowest BCUT2D eigenvalue weighted by Crippen LogP contribution is -2.39. The number of anilines is 2. The minimum Gasteiger partial charge on any atom is -0.367 e. The van der Waals surface area contributed by atoms with Crippen LogP contribution in [0.5, 0.6) is 0 Å². The predicted molar refractivity (Wildman–Crippen MR) is 111 cm³/mol. The van der Waals surface area contributed by atoms with Gasteiger partial charge in [0.1, 0.15) is 11.6 Å². The van der Waals surface area contributed by atoms with E-state index in [0.717, 1.165) is 11.1 Å². The summed E-state index contributed by atoms with van der Waals surface area (Å²) in [7, 11) is 3.69. The molecule has 0 bridgehead atoms. The van der Waals surface area contributed by atoms with Crippen LogP contribution >= 0.6 is 0 Å². The van der Waals surface area contributed by atoms with E-state index in [-0.39, 0.29) is 24.4 Å². The van der Waals surface area contributed by atoms with Crippen LogP contribution in [0.15, 0.2) is 24.4 Å². The Kier molecular flexibility index (Phi) is 5.57. The highest BCUT2D eigenvalue weighted by Gasteiger charge is 2.46. The molecule has 2 aliphatic rings. The van der Waals surface area contributed by atoms with E-state index in [9.17, 15) is 18.0 Å². The second-order valence-corrected chi connectivity index (χ2v) is 8.40.